The first-order valence-corrected chi connectivity index (χ1v) is 7.20. The van der Waals surface area contributed by atoms with Crippen LogP contribution in [-0.4, -0.2) is 0 Å². The third-order valence-corrected chi connectivity index (χ3v) is 4.03. The van der Waals surface area contributed by atoms with Crippen LogP contribution < -0.4 is 5.32 Å². The number of halogens is 3. The van der Waals surface area contributed by atoms with E-state index in [4.69, 9.17) is 0 Å². The van der Waals surface area contributed by atoms with Crippen LogP contribution in [0.15, 0.2) is 60.7 Å². The third kappa shape index (κ3) is 2.36. The molecule has 0 saturated carbocycles. The van der Waals surface area contributed by atoms with Crippen molar-refractivity contribution in [1.82, 2.24) is 0 Å². The summed E-state index contributed by atoms with van der Waals surface area (Å²) in [5, 5.41) is 5.58. The van der Waals surface area contributed by atoms with Crippen molar-refractivity contribution in [2.75, 3.05) is 5.32 Å². The molecule has 23 heavy (non-hydrogen) atoms. The molecule has 0 bridgehead atoms. The van der Waals surface area contributed by atoms with E-state index >= 15 is 0 Å². The molecule has 1 aliphatic rings. The molecule has 4 heteroatoms. The quantitative estimate of drug-likeness (QED) is 0.600. The number of benzene rings is 3. The van der Waals surface area contributed by atoms with Crippen molar-refractivity contribution < 1.29 is 13.2 Å². The Kier molecular flexibility index (Phi) is 2.94. The molecule has 1 aliphatic heterocycles. The normalized spacial score (nSPS) is 13.6. The van der Waals surface area contributed by atoms with Crippen LogP contribution in [0.1, 0.15) is 16.7 Å². The van der Waals surface area contributed by atoms with Gasteiger partial charge in [-0.3, -0.25) is 0 Å². The van der Waals surface area contributed by atoms with E-state index < -0.39 is 11.7 Å². The number of alkyl halides is 3. The second kappa shape index (κ2) is 4.88. The maximum absolute atomic E-state index is 12.7. The van der Waals surface area contributed by atoms with Gasteiger partial charge in [-0.2, -0.15) is 13.2 Å². The zero-order chi connectivity index (χ0) is 16.0. The highest BCUT2D eigenvalue weighted by Crippen LogP contribution is 2.36. The molecule has 0 unspecified atom stereocenters. The Morgan fingerprint density at radius 1 is 0.783 bits per heavy atom. The molecular formula is C19H12F3N. The molecule has 0 aromatic heterocycles. The molecule has 0 aliphatic carbocycles. The molecule has 0 saturated heterocycles. The van der Waals surface area contributed by atoms with Crippen LogP contribution in [0, 0.1) is 0 Å². The number of hydrogen-bond donors (Lipinski definition) is 1. The van der Waals surface area contributed by atoms with Crippen molar-refractivity contribution >= 4 is 28.2 Å². The van der Waals surface area contributed by atoms with E-state index in [0.717, 1.165) is 45.4 Å². The van der Waals surface area contributed by atoms with Gasteiger partial charge in [0.15, 0.2) is 0 Å². The van der Waals surface area contributed by atoms with Gasteiger partial charge in [0.2, 0.25) is 0 Å². The number of hydrogen-bond acceptors (Lipinski definition) is 1. The van der Waals surface area contributed by atoms with Crippen molar-refractivity contribution in [3.63, 3.8) is 0 Å². The van der Waals surface area contributed by atoms with E-state index in [9.17, 15) is 13.2 Å². The second-order valence-electron chi connectivity index (χ2n) is 5.51. The summed E-state index contributed by atoms with van der Waals surface area (Å²) in [6, 6.07) is 17.2. The maximum Gasteiger partial charge on any atom is 0.416 e. The highest BCUT2D eigenvalue weighted by atomic mass is 19.4. The van der Waals surface area contributed by atoms with Crippen molar-refractivity contribution in [2.24, 2.45) is 0 Å². The summed E-state index contributed by atoms with van der Waals surface area (Å²) in [7, 11) is 0. The summed E-state index contributed by atoms with van der Waals surface area (Å²) in [6.45, 7) is 0. The van der Waals surface area contributed by atoms with Gasteiger partial charge >= 0.3 is 6.18 Å². The number of rotatable bonds is 1. The van der Waals surface area contributed by atoms with Crippen LogP contribution in [0.2, 0.25) is 0 Å². The van der Waals surface area contributed by atoms with Crippen LogP contribution in [0.25, 0.3) is 22.5 Å². The van der Waals surface area contributed by atoms with Gasteiger partial charge < -0.3 is 5.32 Å². The van der Waals surface area contributed by atoms with E-state index in [2.05, 4.69) is 5.32 Å². The molecule has 0 amide bonds. The average Bonchev–Trinajstić information content (AvgIpc) is 2.55. The molecule has 1 N–H and O–H groups in total. The maximum atomic E-state index is 12.7. The third-order valence-electron chi connectivity index (χ3n) is 4.03. The molecule has 1 heterocycles. The van der Waals surface area contributed by atoms with E-state index in [1.807, 2.05) is 42.5 Å². The van der Waals surface area contributed by atoms with Crippen LogP contribution in [-0.2, 0) is 6.18 Å². The van der Waals surface area contributed by atoms with Crippen LogP contribution >= 0.6 is 0 Å². The first-order valence-electron chi connectivity index (χ1n) is 7.20. The lowest BCUT2D eigenvalue weighted by molar-refractivity contribution is -0.137. The summed E-state index contributed by atoms with van der Waals surface area (Å²) in [4.78, 5) is 0. The number of nitrogens with one attached hydrogen (secondary N) is 1. The largest absolute Gasteiger partial charge is 0.416 e. The number of anilines is 1. The molecule has 4 rings (SSSR count). The fourth-order valence-corrected chi connectivity index (χ4v) is 2.93. The molecule has 0 atom stereocenters. The highest BCUT2D eigenvalue weighted by molar-refractivity contribution is 6.09. The van der Waals surface area contributed by atoms with Gasteiger partial charge in [0.05, 0.1) is 5.56 Å². The van der Waals surface area contributed by atoms with Crippen LogP contribution in [0.3, 0.4) is 0 Å². The molecule has 3 aromatic carbocycles. The lowest BCUT2D eigenvalue weighted by Crippen LogP contribution is -2.07. The van der Waals surface area contributed by atoms with E-state index in [1.165, 1.54) is 12.1 Å². The minimum Gasteiger partial charge on any atom is -0.354 e. The molecule has 0 fully saturated rings. The van der Waals surface area contributed by atoms with Gasteiger partial charge in [0.1, 0.15) is 0 Å². The lowest BCUT2D eigenvalue weighted by Gasteiger charge is -2.20. The second-order valence-corrected chi connectivity index (χ2v) is 5.51. The van der Waals surface area contributed by atoms with Gasteiger partial charge in [-0.25, -0.2) is 0 Å². The molecule has 3 aromatic rings. The topological polar surface area (TPSA) is 12.0 Å². The van der Waals surface area contributed by atoms with Gasteiger partial charge in [0, 0.05) is 16.8 Å². The molecule has 0 radical (unpaired) electrons. The minimum atomic E-state index is -4.31. The smallest absolute Gasteiger partial charge is 0.354 e. The van der Waals surface area contributed by atoms with Crippen LogP contribution in [0.5, 0.6) is 0 Å². The average molecular weight is 311 g/mol. The standard InChI is InChI=1S/C19H12F3N/c20-19(21,22)15-9-7-12(8-10-15)17-11-14-5-1-3-13-4-2-6-16(23-17)18(13)14/h1-11,23H. The summed E-state index contributed by atoms with van der Waals surface area (Å²) in [6.07, 6.45) is -2.34. The summed E-state index contributed by atoms with van der Waals surface area (Å²) in [5.74, 6) is 0. The molecular weight excluding hydrogens is 299 g/mol. The van der Waals surface area contributed by atoms with Gasteiger partial charge in [-0.05, 0) is 40.8 Å². The van der Waals surface area contributed by atoms with Crippen molar-refractivity contribution in [3.05, 3.63) is 77.4 Å². The zero-order valence-electron chi connectivity index (χ0n) is 12.0. The zero-order valence-corrected chi connectivity index (χ0v) is 12.0. The van der Waals surface area contributed by atoms with E-state index in [-0.39, 0.29) is 0 Å². The SMILES string of the molecule is FC(F)(F)c1ccc(C2=Cc3cccc4cccc(c34)N2)cc1. The van der Waals surface area contributed by atoms with Crippen molar-refractivity contribution in [2.45, 2.75) is 6.18 Å². The summed E-state index contributed by atoms with van der Waals surface area (Å²) < 4.78 is 38.0. The predicted molar refractivity (Wildman–Crippen MR) is 86.9 cm³/mol. The Labute approximate surface area is 131 Å². The molecule has 114 valence electrons. The van der Waals surface area contributed by atoms with Crippen molar-refractivity contribution in [1.29, 1.82) is 0 Å². The van der Waals surface area contributed by atoms with Crippen molar-refractivity contribution in [3.8, 4) is 0 Å². The first-order chi connectivity index (χ1) is 11.0. The Morgan fingerprint density at radius 2 is 1.48 bits per heavy atom. The van der Waals surface area contributed by atoms with Gasteiger partial charge in [0.25, 0.3) is 0 Å². The fourth-order valence-electron chi connectivity index (χ4n) is 2.93. The lowest BCUT2D eigenvalue weighted by atomic mass is 9.96. The summed E-state index contributed by atoms with van der Waals surface area (Å²) >= 11 is 0. The van der Waals surface area contributed by atoms with Gasteiger partial charge in [-0.15, -0.1) is 0 Å². The van der Waals surface area contributed by atoms with Gasteiger partial charge in [-0.1, -0.05) is 42.5 Å². The Balaban J connectivity index is 1.79. The Hall–Kier alpha value is -2.75. The fraction of sp³-hybridized carbons (Fsp3) is 0.0526. The first kappa shape index (κ1) is 13.9. The van der Waals surface area contributed by atoms with Crippen LogP contribution in [0.4, 0.5) is 18.9 Å². The highest BCUT2D eigenvalue weighted by Gasteiger charge is 2.30. The van der Waals surface area contributed by atoms with E-state index in [1.54, 1.807) is 0 Å². The molecule has 0 spiro atoms. The molecule has 1 nitrogen and oxygen atoms in total. The minimum absolute atomic E-state index is 0.639. The van der Waals surface area contributed by atoms with E-state index in [0.29, 0.717) is 0 Å². The summed E-state index contributed by atoms with van der Waals surface area (Å²) in [5.41, 5.74) is 2.91. The monoisotopic (exact) mass is 311 g/mol. The Bertz CT molecular complexity index is 916. The Morgan fingerprint density at radius 3 is 2.17 bits per heavy atom. The predicted octanol–water partition coefficient (Wildman–Crippen LogP) is 5.78.